The van der Waals surface area contributed by atoms with Gasteiger partial charge in [-0.2, -0.15) is 5.26 Å². The molecule has 2 heterocycles. The third-order valence-electron chi connectivity index (χ3n) is 4.12. The van der Waals surface area contributed by atoms with Crippen LogP contribution in [0.5, 0.6) is 0 Å². The zero-order valence-electron chi connectivity index (χ0n) is 14.7. The van der Waals surface area contributed by atoms with Gasteiger partial charge in [0, 0.05) is 6.54 Å². The summed E-state index contributed by atoms with van der Waals surface area (Å²) in [4.78, 5) is 22.0. The summed E-state index contributed by atoms with van der Waals surface area (Å²) < 4.78 is 5.51. The van der Waals surface area contributed by atoms with Crippen LogP contribution in [0.3, 0.4) is 0 Å². The predicted octanol–water partition coefficient (Wildman–Crippen LogP) is 4.02. The third-order valence-corrected chi connectivity index (χ3v) is 4.12. The molecule has 0 saturated carbocycles. The first-order valence-corrected chi connectivity index (χ1v) is 8.42. The van der Waals surface area contributed by atoms with E-state index in [1.54, 1.807) is 23.2 Å². The molecule has 6 nitrogen and oxygen atoms in total. The van der Waals surface area contributed by atoms with E-state index in [-0.39, 0.29) is 12.1 Å². The van der Waals surface area contributed by atoms with Gasteiger partial charge in [0.05, 0.1) is 29.6 Å². The minimum atomic E-state index is -0.513. The van der Waals surface area contributed by atoms with Gasteiger partial charge in [0.15, 0.2) is 0 Å². The van der Waals surface area contributed by atoms with Crippen molar-refractivity contribution in [2.75, 3.05) is 6.54 Å². The molecule has 0 bridgehead atoms. The second-order valence-corrected chi connectivity index (χ2v) is 7.20. The Bertz CT molecular complexity index is 796. The monoisotopic (exact) mass is 338 g/mol. The van der Waals surface area contributed by atoms with Crippen LogP contribution >= 0.6 is 0 Å². The molecule has 25 heavy (non-hydrogen) atoms. The van der Waals surface area contributed by atoms with Crippen LogP contribution in [0.15, 0.2) is 30.5 Å². The lowest BCUT2D eigenvalue weighted by Crippen LogP contribution is -2.36. The molecule has 6 heteroatoms. The van der Waals surface area contributed by atoms with Crippen molar-refractivity contribution >= 4 is 6.09 Å². The first-order valence-electron chi connectivity index (χ1n) is 8.42. The molecule has 1 aromatic carbocycles. The molecule has 1 N–H and O–H groups in total. The maximum Gasteiger partial charge on any atom is 0.410 e. The Kier molecular flexibility index (Phi) is 4.49. The first-order chi connectivity index (χ1) is 11.9. The molecule has 0 spiro atoms. The predicted molar refractivity (Wildman–Crippen MR) is 93.7 cm³/mol. The van der Waals surface area contributed by atoms with Crippen molar-refractivity contribution in [1.82, 2.24) is 14.9 Å². The molecule has 0 aliphatic carbocycles. The van der Waals surface area contributed by atoms with Crippen LogP contribution in [0.1, 0.15) is 51.0 Å². The largest absolute Gasteiger partial charge is 0.444 e. The zero-order valence-corrected chi connectivity index (χ0v) is 14.7. The van der Waals surface area contributed by atoms with Gasteiger partial charge in [-0.25, -0.2) is 9.78 Å². The first kappa shape index (κ1) is 17.0. The van der Waals surface area contributed by atoms with Crippen LogP contribution in [0, 0.1) is 11.3 Å². The number of nitriles is 1. The fourth-order valence-electron chi connectivity index (χ4n) is 2.97. The summed E-state index contributed by atoms with van der Waals surface area (Å²) in [5, 5.41) is 8.89. The Morgan fingerprint density at radius 1 is 1.36 bits per heavy atom. The van der Waals surface area contributed by atoms with E-state index in [1.165, 1.54) is 0 Å². The number of imidazole rings is 1. The molecule has 3 rings (SSSR count). The lowest BCUT2D eigenvalue weighted by atomic mass is 10.1. The molecule has 1 atom stereocenters. The zero-order chi connectivity index (χ0) is 18.0. The normalized spacial score (nSPS) is 17.4. The maximum atomic E-state index is 12.4. The van der Waals surface area contributed by atoms with Crippen LogP contribution in [-0.2, 0) is 4.74 Å². The van der Waals surface area contributed by atoms with Gasteiger partial charge >= 0.3 is 6.09 Å². The van der Waals surface area contributed by atoms with E-state index in [0.717, 1.165) is 29.9 Å². The number of ether oxygens (including phenoxy) is 1. The van der Waals surface area contributed by atoms with Crippen molar-refractivity contribution in [3.05, 3.63) is 41.9 Å². The van der Waals surface area contributed by atoms with Crippen LogP contribution in [0.25, 0.3) is 11.3 Å². The quantitative estimate of drug-likeness (QED) is 0.896. The molecule has 1 aliphatic rings. The smallest absolute Gasteiger partial charge is 0.410 e. The van der Waals surface area contributed by atoms with Crippen molar-refractivity contribution in [1.29, 1.82) is 5.26 Å². The van der Waals surface area contributed by atoms with Gasteiger partial charge in [0.2, 0.25) is 0 Å². The Morgan fingerprint density at radius 3 is 2.72 bits per heavy atom. The summed E-state index contributed by atoms with van der Waals surface area (Å²) in [5.74, 6) is 0.766. The number of likely N-dealkylation sites (tertiary alicyclic amines) is 1. The molecule has 1 aliphatic heterocycles. The number of carbonyl (C=O) groups excluding carboxylic acids is 1. The number of benzene rings is 1. The van der Waals surface area contributed by atoms with E-state index in [2.05, 4.69) is 16.0 Å². The van der Waals surface area contributed by atoms with Crippen molar-refractivity contribution in [3.8, 4) is 17.3 Å². The minimum absolute atomic E-state index is 0.0954. The lowest BCUT2D eigenvalue weighted by molar-refractivity contribution is 0.0219. The van der Waals surface area contributed by atoms with Gasteiger partial charge in [0.1, 0.15) is 11.4 Å². The number of carbonyl (C=O) groups is 1. The van der Waals surface area contributed by atoms with Gasteiger partial charge in [-0.05, 0) is 51.3 Å². The summed E-state index contributed by atoms with van der Waals surface area (Å²) >= 11 is 0. The summed E-state index contributed by atoms with van der Waals surface area (Å²) in [7, 11) is 0. The Morgan fingerprint density at radius 2 is 2.08 bits per heavy atom. The molecule has 1 amide bonds. The van der Waals surface area contributed by atoms with E-state index in [4.69, 9.17) is 10.00 Å². The molecule has 0 unspecified atom stereocenters. The number of hydrogen-bond donors (Lipinski definition) is 1. The fraction of sp³-hybridized carbons (Fsp3) is 0.421. The van der Waals surface area contributed by atoms with E-state index in [9.17, 15) is 4.79 Å². The van der Waals surface area contributed by atoms with Crippen molar-refractivity contribution in [2.45, 2.75) is 45.3 Å². The number of rotatable bonds is 2. The van der Waals surface area contributed by atoms with Crippen molar-refractivity contribution in [3.63, 3.8) is 0 Å². The molecule has 1 fully saturated rings. The topological polar surface area (TPSA) is 82.0 Å². The number of aromatic amines is 1. The Hall–Kier alpha value is -2.81. The molecular formula is C19H22N4O2. The number of hydrogen-bond acceptors (Lipinski definition) is 4. The highest BCUT2D eigenvalue weighted by molar-refractivity contribution is 5.69. The molecular weight excluding hydrogens is 316 g/mol. The third kappa shape index (κ3) is 3.82. The fourth-order valence-corrected chi connectivity index (χ4v) is 2.97. The van der Waals surface area contributed by atoms with Gasteiger partial charge in [-0.3, -0.25) is 4.90 Å². The molecule has 2 aromatic rings. The van der Waals surface area contributed by atoms with Gasteiger partial charge < -0.3 is 9.72 Å². The lowest BCUT2D eigenvalue weighted by Gasteiger charge is -2.27. The second-order valence-electron chi connectivity index (χ2n) is 7.20. The van der Waals surface area contributed by atoms with Crippen LogP contribution in [-0.4, -0.2) is 33.1 Å². The highest BCUT2D eigenvalue weighted by atomic mass is 16.6. The van der Waals surface area contributed by atoms with Crippen LogP contribution in [0.2, 0.25) is 0 Å². The van der Waals surface area contributed by atoms with Crippen molar-refractivity contribution < 1.29 is 9.53 Å². The molecule has 130 valence electrons. The van der Waals surface area contributed by atoms with E-state index < -0.39 is 5.60 Å². The molecule has 1 aromatic heterocycles. The number of nitrogens with zero attached hydrogens (tertiary/aromatic N) is 3. The van der Waals surface area contributed by atoms with E-state index >= 15 is 0 Å². The highest BCUT2D eigenvalue weighted by Gasteiger charge is 2.34. The SMILES string of the molecule is CC(C)(C)OC(=O)N1CCC[C@H]1c1ncc(-c2ccc(C#N)cc2)[nH]1. The standard InChI is InChI=1S/C19H22N4O2/c1-19(2,3)25-18(24)23-10-4-5-16(23)17-21-12-15(22-17)14-8-6-13(11-20)7-9-14/h6-9,12,16H,4-5,10H2,1-3H3,(H,21,22)/t16-/m0/s1. The van der Waals surface area contributed by atoms with E-state index in [0.29, 0.717) is 12.1 Å². The average Bonchev–Trinajstić information content (AvgIpc) is 3.22. The molecule has 1 saturated heterocycles. The second kappa shape index (κ2) is 6.60. The summed E-state index contributed by atoms with van der Waals surface area (Å²) in [6, 6.07) is 9.34. The van der Waals surface area contributed by atoms with Crippen molar-refractivity contribution in [2.24, 2.45) is 0 Å². The maximum absolute atomic E-state index is 12.4. The van der Waals surface area contributed by atoms with E-state index in [1.807, 2.05) is 32.9 Å². The highest BCUT2D eigenvalue weighted by Crippen LogP contribution is 2.32. The summed E-state index contributed by atoms with van der Waals surface area (Å²) in [5.41, 5.74) is 1.94. The van der Waals surface area contributed by atoms with Crippen LogP contribution < -0.4 is 0 Å². The average molecular weight is 338 g/mol. The number of H-pyrrole nitrogens is 1. The number of nitrogens with one attached hydrogen (secondary N) is 1. The van der Waals surface area contributed by atoms with Gasteiger partial charge in [-0.15, -0.1) is 0 Å². The summed E-state index contributed by atoms with van der Waals surface area (Å²) in [6.07, 6.45) is 3.25. The number of amides is 1. The number of aromatic nitrogens is 2. The van der Waals surface area contributed by atoms with Gasteiger partial charge in [0.25, 0.3) is 0 Å². The Balaban J connectivity index is 1.78. The van der Waals surface area contributed by atoms with Gasteiger partial charge in [-0.1, -0.05) is 12.1 Å². The molecule has 0 radical (unpaired) electrons. The van der Waals surface area contributed by atoms with Crippen LogP contribution in [0.4, 0.5) is 4.79 Å². The summed E-state index contributed by atoms with van der Waals surface area (Å²) in [6.45, 7) is 6.27. The Labute approximate surface area is 147 Å². The minimum Gasteiger partial charge on any atom is -0.444 e.